The molecule has 3 nitrogen and oxygen atoms in total. The zero-order chi connectivity index (χ0) is 16.6. The van der Waals surface area contributed by atoms with E-state index in [2.05, 4.69) is 0 Å². The molecule has 0 bridgehead atoms. The van der Waals surface area contributed by atoms with Gasteiger partial charge in [-0.1, -0.05) is 43.1 Å². The van der Waals surface area contributed by atoms with Crippen LogP contribution in [0.25, 0.3) is 0 Å². The Bertz CT molecular complexity index is 637. The second-order valence-electron chi connectivity index (χ2n) is 6.49. The number of rotatable bonds is 3. The van der Waals surface area contributed by atoms with E-state index in [1.165, 1.54) is 6.42 Å². The fraction of sp³-hybridized carbons (Fsp3) is 0.500. The molecule has 2 atom stereocenters. The molecule has 1 aliphatic heterocycles. The van der Waals surface area contributed by atoms with Gasteiger partial charge in [0.05, 0.1) is 16.8 Å². The minimum absolute atomic E-state index is 0.00427. The molecule has 1 aromatic rings. The lowest BCUT2D eigenvalue weighted by atomic mass is 9.78. The second kappa shape index (κ2) is 6.70. The van der Waals surface area contributed by atoms with Gasteiger partial charge in [-0.15, -0.1) is 0 Å². The number of carbonyl (C=O) groups is 2. The fourth-order valence-electron chi connectivity index (χ4n) is 3.97. The molecule has 1 saturated carbocycles. The summed E-state index contributed by atoms with van der Waals surface area (Å²) in [5.41, 5.74) is 0.779. The lowest BCUT2D eigenvalue weighted by molar-refractivity contribution is -0.119. The minimum atomic E-state index is -0.462. The maximum Gasteiger partial charge on any atom is 0.266 e. The van der Waals surface area contributed by atoms with Crippen LogP contribution in [0.2, 0.25) is 5.02 Å². The fourth-order valence-corrected chi connectivity index (χ4v) is 4.50. The smallest absolute Gasteiger partial charge is 0.266 e. The first kappa shape index (κ1) is 16.6. The van der Waals surface area contributed by atoms with Gasteiger partial charge in [-0.05, 0) is 49.9 Å². The van der Waals surface area contributed by atoms with Crippen molar-refractivity contribution >= 4 is 46.1 Å². The predicted molar refractivity (Wildman–Crippen MR) is 96.1 cm³/mol. The molecule has 0 radical (unpaired) electrons. The molecule has 23 heavy (non-hydrogen) atoms. The summed E-state index contributed by atoms with van der Waals surface area (Å²) in [4.78, 5) is 27.0. The van der Waals surface area contributed by atoms with E-state index in [0.29, 0.717) is 10.9 Å². The van der Waals surface area contributed by atoms with Crippen LogP contribution in [0.1, 0.15) is 39.0 Å². The van der Waals surface area contributed by atoms with E-state index in [1.807, 2.05) is 12.1 Å². The number of hydrogen-bond acceptors (Lipinski definition) is 3. The molecule has 2 aliphatic rings. The molecule has 1 heterocycles. The summed E-state index contributed by atoms with van der Waals surface area (Å²) in [6, 6.07) is 7.06. The summed E-state index contributed by atoms with van der Waals surface area (Å²) in [5, 5.41) is 0.625. The van der Waals surface area contributed by atoms with E-state index in [-0.39, 0.29) is 22.6 Å². The van der Waals surface area contributed by atoms with Crippen molar-refractivity contribution in [2.24, 2.45) is 11.8 Å². The van der Waals surface area contributed by atoms with Crippen LogP contribution in [-0.4, -0.2) is 22.6 Å². The Kier molecular flexibility index (Phi) is 4.83. The lowest BCUT2D eigenvalue weighted by Gasteiger charge is -2.36. The number of amides is 1. The van der Waals surface area contributed by atoms with Crippen molar-refractivity contribution in [3.05, 3.63) is 29.3 Å². The van der Waals surface area contributed by atoms with Crippen molar-refractivity contribution in [3.8, 4) is 0 Å². The molecule has 0 N–H and O–H groups in total. The van der Waals surface area contributed by atoms with E-state index in [1.54, 1.807) is 24.0 Å². The average molecular weight is 350 g/mol. The SMILES string of the molecule is CC(=O)C1C(=S)C(=O)N(c2ccc(Cl)cc2)C1C1CCCCC1. The van der Waals surface area contributed by atoms with Gasteiger partial charge < -0.3 is 4.90 Å². The van der Waals surface area contributed by atoms with Crippen molar-refractivity contribution < 1.29 is 9.59 Å². The van der Waals surface area contributed by atoms with E-state index < -0.39 is 5.92 Å². The number of thiocarbonyl (C=S) groups is 1. The number of carbonyl (C=O) groups excluding carboxylic acids is 2. The van der Waals surface area contributed by atoms with E-state index in [4.69, 9.17) is 23.8 Å². The van der Waals surface area contributed by atoms with Crippen LogP contribution in [0.15, 0.2) is 24.3 Å². The summed E-state index contributed by atoms with van der Waals surface area (Å²) in [6.45, 7) is 1.55. The second-order valence-corrected chi connectivity index (χ2v) is 7.37. The number of nitrogens with zero attached hydrogens (tertiary/aromatic N) is 1. The number of Topliss-reactive ketones (excluding diaryl/α,β-unsaturated/α-hetero) is 1. The van der Waals surface area contributed by atoms with Crippen LogP contribution in [0.4, 0.5) is 5.69 Å². The van der Waals surface area contributed by atoms with Gasteiger partial charge in [-0.2, -0.15) is 0 Å². The monoisotopic (exact) mass is 349 g/mol. The van der Waals surface area contributed by atoms with E-state index in [9.17, 15) is 9.59 Å². The molecule has 2 fully saturated rings. The van der Waals surface area contributed by atoms with Gasteiger partial charge in [-0.3, -0.25) is 9.59 Å². The molecule has 1 aromatic carbocycles. The van der Waals surface area contributed by atoms with Crippen LogP contribution < -0.4 is 4.90 Å². The van der Waals surface area contributed by atoms with Crippen molar-refractivity contribution in [1.82, 2.24) is 0 Å². The summed E-state index contributed by atoms with van der Waals surface area (Å²) in [7, 11) is 0. The molecule has 2 unspecified atom stereocenters. The topological polar surface area (TPSA) is 37.4 Å². The highest BCUT2D eigenvalue weighted by atomic mass is 35.5. The van der Waals surface area contributed by atoms with Crippen LogP contribution >= 0.6 is 23.8 Å². The third kappa shape index (κ3) is 3.07. The Hall–Kier alpha value is -1.26. The van der Waals surface area contributed by atoms with Gasteiger partial charge in [0.15, 0.2) is 0 Å². The molecule has 1 saturated heterocycles. The van der Waals surface area contributed by atoms with Gasteiger partial charge in [0, 0.05) is 10.7 Å². The minimum Gasteiger partial charge on any atom is -0.303 e. The van der Waals surface area contributed by atoms with Gasteiger partial charge in [0.25, 0.3) is 5.91 Å². The first-order valence-electron chi connectivity index (χ1n) is 8.14. The van der Waals surface area contributed by atoms with Crippen LogP contribution in [0.3, 0.4) is 0 Å². The van der Waals surface area contributed by atoms with Gasteiger partial charge >= 0.3 is 0 Å². The Morgan fingerprint density at radius 1 is 1.17 bits per heavy atom. The van der Waals surface area contributed by atoms with Crippen molar-refractivity contribution in [2.45, 2.75) is 45.1 Å². The number of benzene rings is 1. The van der Waals surface area contributed by atoms with Crippen LogP contribution in [0.5, 0.6) is 0 Å². The van der Waals surface area contributed by atoms with Crippen LogP contribution in [0, 0.1) is 11.8 Å². The largest absolute Gasteiger partial charge is 0.303 e. The quantitative estimate of drug-likeness (QED) is 0.767. The lowest BCUT2D eigenvalue weighted by Crippen LogP contribution is -2.43. The summed E-state index contributed by atoms with van der Waals surface area (Å²) < 4.78 is 0. The maximum absolute atomic E-state index is 12.8. The highest BCUT2D eigenvalue weighted by molar-refractivity contribution is 7.82. The normalized spacial score (nSPS) is 25.9. The summed E-state index contributed by atoms with van der Waals surface area (Å²) in [5.74, 6) is -0.331. The van der Waals surface area contributed by atoms with Gasteiger partial charge in [0.1, 0.15) is 5.78 Å². The zero-order valence-corrected chi connectivity index (χ0v) is 14.7. The molecular weight excluding hydrogens is 330 g/mol. The third-order valence-corrected chi connectivity index (χ3v) is 5.71. The van der Waals surface area contributed by atoms with E-state index in [0.717, 1.165) is 31.4 Å². The summed E-state index contributed by atoms with van der Waals surface area (Å²) in [6.07, 6.45) is 5.64. The average Bonchev–Trinajstić information content (AvgIpc) is 2.81. The van der Waals surface area contributed by atoms with E-state index >= 15 is 0 Å². The highest BCUT2D eigenvalue weighted by Gasteiger charge is 2.50. The van der Waals surface area contributed by atoms with Gasteiger partial charge in [0.2, 0.25) is 0 Å². The van der Waals surface area contributed by atoms with Gasteiger partial charge in [-0.25, -0.2) is 0 Å². The standard InChI is InChI=1S/C18H20ClNO2S/c1-11(21)15-16(12-5-3-2-4-6-12)20(18(22)17(15)23)14-9-7-13(19)8-10-14/h7-10,12,15-16H,2-6H2,1H3. The summed E-state index contributed by atoms with van der Waals surface area (Å²) >= 11 is 11.3. The zero-order valence-electron chi connectivity index (χ0n) is 13.1. The third-order valence-electron chi connectivity index (χ3n) is 5.03. The van der Waals surface area contributed by atoms with Crippen molar-refractivity contribution in [1.29, 1.82) is 0 Å². The molecule has 0 spiro atoms. The van der Waals surface area contributed by atoms with Crippen LogP contribution in [-0.2, 0) is 9.59 Å². The number of ketones is 1. The Balaban J connectivity index is 2.02. The molecule has 1 amide bonds. The Morgan fingerprint density at radius 2 is 1.78 bits per heavy atom. The molecule has 5 heteroatoms. The first-order valence-corrected chi connectivity index (χ1v) is 8.92. The molecule has 122 valence electrons. The highest BCUT2D eigenvalue weighted by Crippen LogP contribution is 2.40. The Morgan fingerprint density at radius 3 is 2.35 bits per heavy atom. The molecular formula is C18H20ClNO2S. The number of hydrogen-bond donors (Lipinski definition) is 0. The maximum atomic E-state index is 12.8. The predicted octanol–water partition coefficient (Wildman–Crippen LogP) is 4.21. The molecule has 3 rings (SSSR count). The van der Waals surface area contributed by atoms with Crippen molar-refractivity contribution in [2.75, 3.05) is 4.90 Å². The number of anilines is 1. The molecule has 1 aliphatic carbocycles. The molecule has 0 aromatic heterocycles. The van der Waals surface area contributed by atoms with Crippen molar-refractivity contribution in [3.63, 3.8) is 0 Å². The first-order chi connectivity index (χ1) is 11.0. The Labute approximate surface area is 147 Å². The number of halogens is 1.